The maximum absolute atomic E-state index is 14.0. The molecule has 0 spiro atoms. The van der Waals surface area contributed by atoms with Crippen LogP contribution in [-0.2, 0) is 15.7 Å². The Morgan fingerprint density at radius 3 is 2.37 bits per heavy atom. The Kier molecular flexibility index (Phi) is 6.72. The summed E-state index contributed by atoms with van der Waals surface area (Å²) >= 11 is 0. The maximum atomic E-state index is 14.0. The van der Waals surface area contributed by atoms with Crippen LogP contribution in [0.4, 0.5) is 32.0 Å². The van der Waals surface area contributed by atoms with E-state index in [-0.39, 0.29) is 16.9 Å². The molecule has 0 aliphatic carbocycles. The Bertz CT molecular complexity index is 1140. The summed E-state index contributed by atoms with van der Waals surface area (Å²) in [5.41, 5.74) is 0.602. The minimum atomic E-state index is -4.93. The van der Waals surface area contributed by atoms with E-state index in [0.717, 1.165) is 32.4 Å². The van der Waals surface area contributed by atoms with Crippen molar-refractivity contribution >= 4 is 17.5 Å². The summed E-state index contributed by atoms with van der Waals surface area (Å²) in [6, 6.07) is 3.88. The minimum Gasteiger partial charge on any atom is -0.481 e. The molecule has 1 saturated heterocycles. The van der Waals surface area contributed by atoms with Crippen LogP contribution in [0.25, 0.3) is 0 Å². The van der Waals surface area contributed by atoms with Gasteiger partial charge in [0.2, 0.25) is 5.88 Å². The number of primary amides is 1. The van der Waals surface area contributed by atoms with E-state index in [1.165, 1.54) is 13.0 Å². The van der Waals surface area contributed by atoms with Crippen LogP contribution in [0.15, 0.2) is 30.5 Å². The van der Waals surface area contributed by atoms with E-state index in [4.69, 9.17) is 15.2 Å². The van der Waals surface area contributed by atoms with Crippen molar-refractivity contribution in [2.45, 2.75) is 43.8 Å². The Hall–Kier alpha value is -3.42. The number of carbonyl (C=O) groups excluding carboxylic acids is 2. The number of nitrogens with two attached hydrogens (primary N) is 1. The van der Waals surface area contributed by atoms with Gasteiger partial charge in [-0.25, -0.2) is 4.98 Å². The molecular weight excluding hydrogens is 486 g/mol. The SMILES string of the molecule is COc1nc(C(F)(F)F)ccc1[C@H]1[C@@H](C(=O)Nc2ccnc(C(N)=O)c2)O[C@@](C)(C(F)(F)F)[C@H]1C. The summed E-state index contributed by atoms with van der Waals surface area (Å²) < 4.78 is 91.5. The molecule has 1 aliphatic heterocycles. The predicted octanol–water partition coefficient (Wildman–Crippen LogP) is 3.68. The zero-order chi connectivity index (χ0) is 26.3. The monoisotopic (exact) mass is 506 g/mol. The Morgan fingerprint density at radius 1 is 1.17 bits per heavy atom. The highest BCUT2D eigenvalue weighted by Gasteiger charge is 2.66. The summed E-state index contributed by atoms with van der Waals surface area (Å²) in [7, 11) is 1.01. The summed E-state index contributed by atoms with van der Waals surface area (Å²) in [6.07, 6.45) is -10.4. The molecule has 8 nitrogen and oxygen atoms in total. The third-order valence-electron chi connectivity index (χ3n) is 5.94. The first kappa shape index (κ1) is 26.2. The molecule has 2 amide bonds. The van der Waals surface area contributed by atoms with E-state index in [2.05, 4.69) is 15.3 Å². The number of pyridine rings is 2. The third kappa shape index (κ3) is 4.88. The number of hydrogen-bond acceptors (Lipinski definition) is 6. The van der Waals surface area contributed by atoms with E-state index < -0.39 is 59.3 Å². The largest absolute Gasteiger partial charge is 0.481 e. The van der Waals surface area contributed by atoms with Gasteiger partial charge in [-0.2, -0.15) is 26.3 Å². The molecule has 0 bridgehead atoms. The molecule has 2 aromatic rings. The molecule has 35 heavy (non-hydrogen) atoms. The normalized spacial score (nSPS) is 24.8. The van der Waals surface area contributed by atoms with Crippen LogP contribution >= 0.6 is 0 Å². The number of aromatic nitrogens is 2. The smallest absolute Gasteiger partial charge is 0.433 e. The molecule has 3 N–H and O–H groups in total. The summed E-state index contributed by atoms with van der Waals surface area (Å²) in [5, 5.41) is 2.34. The minimum absolute atomic E-state index is 0.00748. The Balaban J connectivity index is 2.07. The highest BCUT2D eigenvalue weighted by molar-refractivity contribution is 5.97. The standard InChI is InChI=1S/C21H20F6N4O4/c1-9-14(11-4-5-13(20(22,23)24)31-18(11)34-3)15(35-19(9,2)21(25,26)27)17(33)30-10-6-7-29-12(8-10)16(28)32/h4-9,14-15H,1-3H3,(H2,28,32)(H,29,30,33)/t9-,14-,15-,19+/m0/s1. The van der Waals surface area contributed by atoms with Crippen molar-refractivity contribution in [3.63, 3.8) is 0 Å². The number of carbonyl (C=O) groups is 2. The molecule has 2 aromatic heterocycles. The van der Waals surface area contributed by atoms with E-state index in [9.17, 15) is 35.9 Å². The molecule has 14 heteroatoms. The number of nitrogens with zero attached hydrogens (tertiary/aromatic N) is 2. The van der Waals surface area contributed by atoms with Crippen LogP contribution in [0.1, 0.15) is 41.5 Å². The zero-order valence-electron chi connectivity index (χ0n) is 18.5. The summed E-state index contributed by atoms with van der Waals surface area (Å²) in [6.45, 7) is 1.92. The van der Waals surface area contributed by atoms with Gasteiger partial charge in [0, 0.05) is 29.3 Å². The van der Waals surface area contributed by atoms with Crippen LogP contribution in [0.2, 0.25) is 0 Å². The number of methoxy groups -OCH3 is 1. The van der Waals surface area contributed by atoms with Gasteiger partial charge in [0.05, 0.1) is 7.11 Å². The highest BCUT2D eigenvalue weighted by atomic mass is 19.4. The number of nitrogens with one attached hydrogen (secondary N) is 1. The van der Waals surface area contributed by atoms with Crippen molar-refractivity contribution in [1.82, 2.24) is 9.97 Å². The second kappa shape index (κ2) is 8.98. The quantitative estimate of drug-likeness (QED) is 0.598. The lowest BCUT2D eigenvalue weighted by molar-refractivity contribution is -0.272. The van der Waals surface area contributed by atoms with E-state index >= 15 is 0 Å². The molecule has 3 rings (SSSR count). The zero-order valence-corrected chi connectivity index (χ0v) is 18.5. The van der Waals surface area contributed by atoms with Crippen molar-refractivity contribution in [2.24, 2.45) is 11.7 Å². The molecule has 0 unspecified atom stereocenters. The van der Waals surface area contributed by atoms with Gasteiger partial charge in [-0.15, -0.1) is 0 Å². The number of ether oxygens (including phenoxy) is 2. The van der Waals surface area contributed by atoms with Gasteiger partial charge in [-0.05, 0) is 25.1 Å². The van der Waals surface area contributed by atoms with Gasteiger partial charge in [-0.3, -0.25) is 14.6 Å². The van der Waals surface area contributed by atoms with Crippen LogP contribution in [0, 0.1) is 5.92 Å². The molecule has 0 saturated carbocycles. The molecule has 0 radical (unpaired) electrons. The fourth-order valence-electron chi connectivity index (χ4n) is 3.91. The first-order valence-electron chi connectivity index (χ1n) is 10.0. The Labute approximate surface area is 194 Å². The van der Waals surface area contributed by atoms with Crippen LogP contribution in [0.5, 0.6) is 5.88 Å². The number of halogens is 6. The average Bonchev–Trinajstić information content (AvgIpc) is 3.04. The topological polar surface area (TPSA) is 116 Å². The lowest BCUT2D eigenvalue weighted by atomic mass is 9.77. The van der Waals surface area contributed by atoms with Crippen molar-refractivity contribution in [3.05, 3.63) is 47.4 Å². The van der Waals surface area contributed by atoms with Crippen LogP contribution in [0.3, 0.4) is 0 Å². The molecular formula is C21H20F6N4O4. The van der Waals surface area contributed by atoms with Crippen molar-refractivity contribution in [1.29, 1.82) is 0 Å². The number of hydrogen-bond donors (Lipinski definition) is 2. The number of anilines is 1. The first-order chi connectivity index (χ1) is 16.1. The van der Waals surface area contributed by atoms with Gasteiger partial charge in [0.25, 0.3) is 11.8 Å². The average molecular weight is 506 g/mol. The molecule has 0 aromatic carbocycles. The van der Waals surface area contributed by atoms with Crippen molar-refractivity contribution < 1.29 is 45.4 Å². The summed E-state index contributed by atoms with van der Waals surface area (Å²) in [5.74, 6) is -5.38. The van der Waals surface area contributed by atoms with Gasteiger partial charge in [0.1, 0.15) is 17.5 Å². The lowest BCUT2D eigenvalue weighted by Gasteiger charge is -2.31. The molecule has 1 fully saturated rings. The lowest BCUT2D eigenvalue weighted by Crippen LogP contribution is -2.47. The fourth-order valence-corrected chi connectivity index (χ4v) is 3.91. The van der Waals surface area contributed by atoms with Crippen LogP contribution in [-0.4, -0.2) is 46.8 Å². The van der Waals surface area contributed by atoms with Gasteiger partial charge < -0.3 is 20.5 Å². The van der Waals surface area contributed by atoms with E-state index in [1.54, 1.807) is 0 Å². The highest BCUT2D eigenvalue weighted by Crippen LogP contribution is 2.54. The molecule has 3 heterocycles. The second-order valence-electron chi connectivity index (χ2n) is 8.03. The number of alkyl halides is 6. The third-order valence-corrected chi connectivity index (χ3v) is 5.94. The van der Waals surface area contributed by atoms with Gasteiger partial charge in [-0.1, -0.05) is 13.0 Å². The van der Waals surface area contributed by atoms with Crippen molar-refractivity contribution in [3.8, 4) is 5.88 Å². The second-order valence-corrected chi connectivity index (χ2v) is 8.03. The molecule has 4 atom stereocenters. The Morgan fingerprint density at radius 2 is 1.83 bits per heavy atom. The van der Waals surface area contributed by atoms with Crippen LogP contribution < -0.4 is 15.8 Å². The fraction of sp³-hybridized carbons (Fsp3) is 0.429. The van der Waals surface area contributed by atoms with Gasteiger partial charge >= 0.3 is 12.4 Å². The van der Waals surface area contributed by atoms with Gasteiger partial charge in [0.15, 0.2) is 5.60 Å². The van der Waals surface area contributed by atoms with E-state index in [1.807, 2.05) is 0 Å². The molecule has 190 valence electrons. The summed E-state index contributed by atoms with van der Waals surface area (Å²) in [4.78, 5) is 31.5. The van der Waals surface area contributed by atoms with E-state index in [0.29, 0.717) is 6.07 Å². The van der Waals surface area contributed by atoms with Crippen molar-refractivity contribution in [2.75, 3.05) is 12.4 Å². The first-order valence-corrected chi connectivity index (χ1v) is 10.0. The predicted molar refractivity (Wildman–Crippen MR) is 108 cm³/mol. The number of rotatable bonds is 5. The molecule has 1 aliphatic rings. The maximum Gasteiger partial charge on any atom is 0.433 e. The number of amides is 2.